The Morgan fingerprint density at radius 3 is 2.84 bits per heavy atom. The summed E-state index contributed by atoms with van der Waals surface area (Å²) in [6.45, 7) is 4.77. The Hall–Kier alpha value is -0.940. The fourth-order valence-corrected chi connectivity index (χ4v) is 3.32. The van der Waals surface area contributed by atoms with Gasteiger partial charge < -0.3 is 14.6 Å². The van der Waals surface area contributed by atoms with Crippen LogP contribution in [0, 0.1) is 6.92 Å². The molecule has 2 heterocycles. The van der Waals surface area contributed by atoms with Crippen LogP contribution in [-0.2, 0) is 11.2 Å². The SMILES string of the molecule is Cc1nnc(CC2CNCCO2)n1C1CCCCC1. The molecule has 1 aliphatic carbocycles. The van der Waals surface area contributed by atoms with Crippen LogP contribution in [0.4, 0.5) is 0 Å². The van der Waals surface area contributed by atoms with Gasteiger partial charge >= 0.3 is 0 Å². The first-order chi connectivity index (χ1) is 9.34. The van der Waals surface area contributed by atoms with Crippen molar-refractivity contribution in [3.63, 3.8) is 0 Å². The first-order valence-corrected chi connectivity index (χ1v) is 7.57. The lowest BCUT2D eigenvalue weighted by molar-refractivity contribution is 0.0271. The summed E-state index contributed by atoms with van der Waals surface area (Å²) in [5.74, 6) is 2.17. The molecule has 1 aromatic rings. The molecule has 1 aromatic heterocycles. The molecule has 0 radical (unpaired) electrons. The Bertz CT molecular complexity index is 406. The summed E-state index contributed by atoms with van der Waals surface area (Å²) < 4.78 is 8.16. The quantitative estimate of drug-likeness (QED) is 0.901. The van der Waals surface area contributed by atoms with Crippen molar-refractivity contribution in [2.24, 2.45) is 0 Å². The van der Waals surface area contributed by atoms with Crippen molar-refractivity contribution < 1.29 is 4.74 Å². The van der Waals surface area contributed by atoms with E-state index >= 15 is 0 Å². The van der Waals surface area contributed by atoms with Gasteiger partial charge in [0.2, 0.25) is 0 Å². The second kappa shape index (κ2) is 6.01. The summed E-state index contributed by atoms with van der Waals surface area (Å²) in [5, 5.41) is 12.1. The zero-order chi connectivity index (χ0) is 13.1. The van der Waals surface area contributed by atoms with Gasteiger partial charge in [-0.3, -0.25) is 0 Å². The van der Waals surface area contributed by atoms with Crippen molar-refractivity contribution in [2.75, 3.05) is 19.7 Å². The predicted molar refractivity (Wildman–Crippen MR) is 73.2 cm³/mol. The Balaban J connectivity index is 1.73. The molecule has 0 bridgehead atoms. The number of hydrogen-bond donors (Lipinski definition) is 1. The molecular formula is C14H24N4O. The van der Waals surface area contributed by atoms with Crippen molar-refractivity contribution in [1.82, 2.24) is 20.1 Å². The van der Waals surface area contributed by atoms with E-state index in [1.807, 2.05) is 0 Å². The van der Waals surface area contributed by atoms with Gasteiger partial charge in [-0.25, -0.2) is 0 Å². The fraction of sp³-hybridized carbons (Fsp3) is 0.857. The summed E-state index contributed by atoms with van der Waals surface area (Å²) >= 11 is 0. The minimum Gasteiger partial charge on any atom is -0.375 e. The highest BCUT2D eigenvalue weighted by atomic mass is 16.5. The second-order valence-corrected chi connectivity index (χ2v) is 5.73. The zero-order valence-corrected chi connectivity index (χ0v) is 11.8. The topological polar surface area (TPSA) is 52.0 Å². The molecular weight excluding hydrogens is 240 g/mol. The smallest absolute Gasteiger partial charge is 0.135 e. The summed E-state index contributed by atoms with van der Waals surface area (Å²) in [5.41, 5.74) is 0. The molecule has 1 atom stereocenters. The number of aromatic nitrogens is 3. The van der Waals surface area contributed by atoms with Gasteiger partial charge in [-0.15, -0.1) is 10.2 Å². The minimum atomic E-state index is 0.250. The molecule has 0 spiro atoms. The van der Waals surface area contributed by atoms with E-state index in [0.717, 1.165) is 37.8 Å². The average Bonchev–Trinajstić information content (AvgIpc) is 2.82. The van der Waals surface area contributed by atoms with E-state index in [4.69, 9.17) is 4.74 Å². The van der Waals surface area contributed by atoms with Gasteiger partial charge in [0.05, 0.1) is 12.7 Å². The summed E-state index contributed by atoms with van der Waals surface area (Å²) in [6, 6.07) is 0.607. The molecule has 5 nitrogen and oxygen atoms in total. The largest absolute Gasteiger partial charge is 0.375 e. The van der Waals surface area contributed by atoms with Gasteiger partial charge in [0.15, 0.2) is 0 Å². The second-order valence-electron chi connectivity index (χ2n) is 5.73. The molecule has 1 aliphatic heterocycles. The lowest BCUT2D eigenvalue weighted by Gasteiger charge is -2.27. The predicted octanol–water partition coefficient (Wildman–Crippen LogP) is 1.62. The van der Waals surface area contributed by atoms with Gasteiger partial charge in [0, 0.05) is 25.6 Å². The van der Waals surface area contributed by atoms with Crippen molar-refractivity contribution in [2.45, 2.75) is 57.6 Å². The van der Waals surface area contributed by atoms with Crippen LogP contribution < -0.4 is 5.32 Å². The maximum absolute atomic E-state index is 5.79. The van der Waals surface area contributed by atoms with Crippen LogP contribution in [-0.4, -0.2) is 40.6 Å². The minimum absolute atomic E-state index is 0.250. The lowest BCUT2D eigenvalue weighted by Crippen LogP contribution is -2.40. The molecule has 1 saturated carbocycles. The molecule has 3 rings (SSSR count). The van der Waals surface area contributed by atoms with E-state index < -0.39 is 0 Å². The molecule has 2 aliphatic rings. The first kappa shape index (κ1) is 13.1. The maximum atomic E-state index is 5.79. The normalized spacial score (nSPS) is 25.6. The highest BCUT2D eigenvalue weighted by molar-refractivity contribution is 5.00. The first-order valence-electron chi connectivity index (χ1n) is 7.57. The van der Waals surface area contributed by atoms with Crippen molar-refractivity contribution in [3.8, 4) is 0 Å². The van der Waals surface area contributed by atoms with Crippen LogP contribution in [0.2, 0.25) is 0 Å². The Kier molecular flexibility index (Phi) is 4.13. The standard InChI is InChI=1S/C14H24N4O/c1-11-16-17-14(9-13-10-15-7-8-19-13)18(11)12-5-3-2-4-6-12/h12-13,15H,2-10H2,1H3. The van der Waals surface area contributed by atoms with E-state index in [-0.39, 0.29) is 6.10 Å². The van der Waals surface area contributed by atoms with Crippen molar-refractivity contribution in [3.05, 3.63) is 11.6 Å². The number of aryl methyl sites for hydroxylation is 1. The van der Waals surface area contributed by atoms with E-state index in [0.29, 0.717) is 6.04 Å². The third-order valence-corrected chi connectivity index (χ3v) is 4.29. The van der Waals surface area contributed by atoms with Crippen LogP contribution in [0.5, 0.6) is 0 Å². The zero-order valence-electron chi connectivity index (χ0n) is 11.8. The Labute approximate surface area is 114 Å². The molecule has 0 amide bonds. The van der Waals surface area contributed by atoms with Gasteiger partial charge in [-0.2, -0.15) is 0 Å². The number of ether oxygens (including phenoxy) is 1. The molecule has 0 aromatic carbocycles. The van der Waals surface area contributed by atoms with Gasteiger partial charge in [0.1, 0.15) is 11.6 Å². The van der Waals surface area contributed by atoms with Crippen LogP contribution >= 0.6 is 0 Å². The van der Waals surface area contributed by atoms with Crippen molar-refractivity contribution in [1.29, 1.82) is 0 Å². The van der Waals surface area contributed by atoms with E-state index in [1.165, 1.54) is 32.1 Å². The number of nitrogens with zero attached hydrogens (tertiary/aromatic N) is 3. The summed E-state index contributed by atoms with van der Waals surface area (Å²) in [6.07, 6.45) is 7.73. The number of rotatable bonds is 3. The molecule has 19 heavy (non-hydrogen) atoms. The van der Waals surface area contributed by atoms with Gasteiger partial charge in [0.25, 0.3) is 0 Å². The number of hydrogen-bond acceptors (Lipinski definition) is 4. The number of nitrogens with one attached hydrogen (secondary N) is 1. The Morgan fingerprint density at radius 1 is 1.26 bits per heavy atom. The highest BCUT2D eigenvalue weighted by Crippen LogP contribution is 2.30. The fourth-order valence-electron chi connectivity index (χ4n) is 3.32. The van der Waals surface area contributed by atoms with Gasteiger partial charge in [-0.1, -0.05) is 19.3 Å². The maximum Gasteiger partial charge on any atom is 0.135 e. The lowest BCUT2D eigenvalue weighted by atomic mass is 9.95. The number of morpholine rings is 1. The molecule has 1 N–H and O–H groups in total. The van der Waals surface area contributed by atoms with Crippen LogP contribution in [0.3, 0.4) is 0 Å². The molecule has 5 heteroatoms. The van der Waals surface area contributed by atoms with Crippen molar-refractivity contribution >= 4 is 0 Å². The van der Waals surface area contributed by atoms with Crippen LogP contribution in [0.1, 0.15) is 49.8 Å². The molecule has 106 valence electrons. The summed E-state index contributed by atoms with van der Waals surface area (Å²) in [7, 11) is 0. The summed E-state index contributed by atoms with van der Waals surface area (Å²) in [4.78, 5) is 0. The third kappa shape index (κ3) is 2.98. The molecule has 1 unspecified atom stereocenters. The van der Waals surface area contributed by atoms with Crippen LogP contribution in [0.25, 0.3) is 0 Å². The molecule has 2 fully saturated rings. The van der Waals surface area contributed by atoms with Crippen LogP contribution in [0.15, 0.2) is 0 Å². The van der Waals surface area contributed by atoms with E-state index in [2.05, 4.69) is 27.0 Å². The van der Waals surface area contributed by atoms with E-state index in [9.17, 15) is 0 Å². The van der Waals surface area contributed by atoms with Gasteiger partial charge in [-0.05, 0) is 19.8 Å². The monoisotopic (exact) mass is 264 g/mol. The Morgan fingerprint density at radius 2 is 2.11 bits per heavy atom. The average molecular weight is 264 g/mol. The molecule has 1 saturated heterocycles. The van der Waals surface area contributed by atoms with E-state index in [1.54, 1.807) is 0 Å². The highest BCUT2D eigenvalue weighted by Gasteiger charge is 2.23. The third-order valence-electron chi connectivity index (χ3n) is 4.29.